The minimum atomic E-state index is -0.0482. The Morgan fingerprint density at radius 1 is 1.53 bits per heavy atom. The largest absolute Gasteiger partial charge is 0.493 e. The van der Waals surface area contributed by atoms with Gasteiger partial charge in [0.2, 0.25) is 0 Å². The van der Waals surface area contributed by atoms with Crippen LogP contribution in [0.15, 0.2) is 30.9 Å². The molecule has 1 rings (SSSR count). The average Bonchev–Trinajstić information content (AvgIpc) is 2.25. The smallest absolute Gasteiger partial charge is 0.172 e. The molecule has 0 amide bonds. The Kier molecular flexibility index (Phi) is 3.92. The van der Waals surface area contributed by atoms with Gasteiger partial charge in [-0.05, 0) is 19.1 Å². The highest BCUT2D eigenvalue weighted by Gasteiger charge is 2.13. The van der Waals surface area contributed by atoms with Crippen LogP contribution in [0.2, 0.25) is 0 Å². The zero-order valence-corrected chi connectivity index (χ0v) is 8.95. The van der Waals surface area contributed by atoms with E-state index in [9.17, 15) is 4.79 Å². The van der Waals surface area contributed by atoms with Crippen molar-refractivity contribution in [3.8, 4) is 11.5 Å². The van der Waals surface area contributed by atoms with E-state index in [-0.39, 0.29) is 5.78 Å². The lowest BCUT2D eigenvalue weighted by molar-refractivity contribution is 0.101. The van der Waals surface area contributed by atoms with Gasteiger partial charge in [0.15, 0.2) is 17.3 Å². The van der Waals surface area contributed by atoms with Crippen molar-refractivity contribution in [3.63, 3.8) is 0 Å². The standard InChI is InChI=1S/C12H14O3/c1-4-8-15-12-10(9(2)13)6-5-7-11(12)14-3/h4-7H,1,8H2,2-3H3. The maximum absolute atomic E-state index is 11.3. The molecule has 0 aliphatic heterocycles. The van der Waals surface area contributed by atoms with Crippen molar-refractivity contribution < 1.29 is 14.3 Å². The van der Waals surface area contributed by atoms with Crippen LogP contribution in [-0.4, -0.2) is 19.5 Å². The number of benzene rings is 1. The zero-order valence-electron chi connectivity index (χ0n) is 8.95. The van der Waals surface area contributed by atoms with Gasteiger partial charge in [0, 0.05) is 0 Å². The Balaban J connectivity index is 3.14. The van der Waals surface area contributed by atoms with Crippen molar-refractivity contribution in [2.24, 2.45) is 0 Å². The van der Waals surface area contributed by atoms with Gasteiger partial charge in [-0.1, -0.05) is 18.7 Å². The summed E-state index contributed by atoms with van der Waals surface area (Å²) < 4.78 is 10.5. The number of carbonyl (C=O) groups is 1. The summed E-state index contributed by atoms with van der Waals surface area (Å²) in [7, 11) is 1.54. The summed E-state index contributed by atoms with van der Waals surface area (Å²) in [6.07, 6.45) is 1.62. The normalized spacial score (nSPS) is 9.47. The summed E-state index contributed by atoms with van der Waals surface area (Å²) in [6, 6.07) is 5.23. The minimum absolute atomic E-state index is 0.0482. The second-order valence-electron chi connectivity index (χ2n) is 2.99. The molecule has 15 heavy (non-hydrogen) atoms. The Hall–Kier alpha value is -1.77. The molecule has 0 heterocycles. The van der Waals surface area contributed by atoms with Crippen LogP contribution in [0.3, 0.4) is 0 Å². The second-order valence-corrected chi connectivity index (χ2v) is 2.99. The van der Waals surface area contributed by atoms with Gasteiger partial charge in [-0.3, -0.25) is 4.79 Å². The SMILES string of the molecule is C=CCOc1c(OC)cccc1C(C)=O. The highest BCUT2D eigenvalue weighted by molar-refractivity contribution is 5.97. The lowest BCUT2D eigenvalue weighted by atomic mass is 10.1. The predicted molar refractivity (Wildman–Crippen MR) is 58.7 cm³/mol. The molecule has 0 unspecified atom stereocenters. The van der Waals surface area contributed by atoms with Crippen LogP contribution in [0.25, 0.3) is 0 Å². The van der Waals surface area contributed by atoms with Crippen molar-refractivity contribution in [3.05, 3.63) is 36.4 Å². The van der Waals surface area contributed by atoms with Crippen molar-refractivity contribution in [1.82, 2.24) is 0 Å². The van der Waals surface area contributed by atoms with E-state index in [1.807, 2.05) is 0 Å². The molecule has 0 saturated heterocycles. The van der Waals surface area contributed by atoms with Gasteiger partial charge < -0.3 is 9.47 Å². The van der Waals surface area contributed by atoms with Crippen LogP contribution < -0.4 is 9.47 Å². The quantitative estimate of drug-likeness (QED) is 0.548. The number of rotatable bonds is 5. The molecule has 0 saturated carbocycles. The van der Waals surface area contributed by atoms with E-state index in [2.05, 4.69) is 6.58 Å². The predicted octanol–water partition coefficient (Wildman–Crippen LogP) is 2.46. The first-order valence-electron chi connectivity index (χ1n) is 4.62. The minimum Gasteiger partial charge on any atom is -0.493 e. The monoisotopic (exact) mass is 206 g/mol. The highest BCUT2D eigenvalue weighted by atomic mass is 16.5. The van der Waals surface area contributed by atoms with Gasteiger partial charge in [-0.25, -0.2) is 0 Å². The molecule has 0 bridgehead atoms. The number of ketones is 1. The van der Waals surface area contributed by atoms with Gasteiger partial charge in [-0.2, -0.15) is 0 Å². The first kappa shape index (κ1) is 11.3. The van der Waals surface area contributed by atoms with Crippen molar-refractivity contribution in [2.45, 2.75) is 6.92 Å². The summed E-state index contributed by atoms with van der Waals surface area (Å²) in [6.45, 7) is 5.40. The van der Waals surface area contributed by atoms with E-state index < -0.39 is 0 Å². The Morgan fingerprint density at radius 3 is 2.80 bits per heavy atom. The van der Waals surface area contributed by atoms with Crippen LogP contribution in [0, 0.1) is 0 Å². The van der Waals surface area contributed by atoms with E-state index in [0.717, 1.165) is 0 Å². The first-order chi connectivity index (χ1) is 7.20. The Labute approximate surface area is 89.3 Å². The summed E-state index contributed by atoms with van der Waals surface area (Å²) in [5.74, 6) is 0.991. The maximum Gasteiger partial charge on any atom is 0.172 e. The maximum atomic E-state index is 11.3. The number of hydrogen-bond acceptors (Lipinski definition) is 3. The van der Waals surface area contributed by atoms with Gasteiger partial charge in [0.25, 0.3) is 0 Å². The fourth-order valence-corrected chi connectivity index (χ4v) is 1.24. The highest BCUT2D eigenvalue weighted by Crippen LogP contribution is 2.31. The molecule has 0 radical (unpaired) electrons. The average molecular weight is 206 g/mol. The van der Waals surface area contributed by atoms with E-state index >= 15 is 0 Å². The zero-order chi connectivity index (χ0) is 11.3. The molecule has 80 valence electrons. The molecule has 0 aliphatic carbocycles. The van der Waals surface area contributed by atoms with Crippen LogP contribution in [0.1, 0.15) is 17.3 Å². The van der Waals surface area contributed by atoms with E-state index in [1.165, 1.54) is 6.92 Å². The third-order valence-corrected chi connectivity index (χ3v) is 1.92. The van der Waals surface area contributed by atoms with Crippen molar-refractivity contribution in [2.75, 3.05) is 13.7 Å². The molecule has 0 aliphatic rings. The molecule has 3 nitrogen and oxygen atoms in total. The third kappa shape index (κ3) is 2.59. The number of carbonyl (C=O) groups excluding carboxylic acids is 1. The number of Topliss-reactive ketones (excluding diaryl/α,β-unsaturated/α-hetero) is 1. The van der Waals surface area contributed by atoms with Crippen LogP contribution in [0.5, 0.6) is 11.5 Å². The number of hydrogen-bond donors (Lipinski definition) is 0. The van der Waals surface area contributed by atoms with Gasteiger partial charge >= 0.3 is 0 Å². The lowest BCUT2D eigenvalue weighted by Gasteiger charge is -2.12. The summed E-state index contributed by atoms with van der Waals surface area (Å²) in [4.78, 5) is 11.3. The van der Waals surface area contributed by atoms with Gasteiger partial charge in [0.05, 0.1) is 12.7 Å². The van der Waals surface area contributed by atoms with Gasteiger partial charge in [-0.15, -0.1) is 0 Å². The number of methoxy groups -OCH3 is 1. The molecule has 0 N–H and O–H groups in total. The summed E-state index contributed by atoms with van der Waals surface area (Å²) in [5, 5.41) is 0. The van der Waals surface area contributed by atoms with Crippen LogP contribution in [0.4, 0.5) is 0 Å². The molecule has 3 heteroatoms. The van der Waals surface area contributed by atoms with E-state index in [4.69, 9.17) is 9.47 Å². The summed E-state index contributed by atoms with van der Waals surface area (Å²) >= 11 is 0. The molecular formula is C12H14O3. The Bertz CT molecular complexity index is 369. The van der Waals surface area contributed by atoms with E-state index in [1.54, 1.807) is 31.4 Å². The molecule has 1 aromatic carbocycles. The fraction of sp³-hybridized carbons (Fsp3) is 0.250. The fourth-order valence-electron chi connectivity index (χ4n) is 1.24. The molecular weight excluding hydrogens is 192 g/mol. The number of ether oxygens (including phenoxy) is 2. The van der Waals surface area contributed by atoms with Crippen molar-refractivity contribution >= 4 is 5.78 Å². The molecule has 1 aromatic rings. The molecule has 0 atom stereocenters. The van der Waals surface area contributed by atoms with Crippen molar-refractivity contribution in [1.29, 1.82) is 0 Å². The summed E-state index contributed by atoms with van der Waals surface area (Å²) in [5.41, 5.74) is 0.524. The first-order valence-corrected chi connectivity index (χ1v) is 4.62. The molecule has 0 fully saturated rings. The topological polar surface area (TPSA) is 35.5 Å². The molecule has 0 spiro atoms. The van der Waals surface area contributed by atoms with Crippen LogP contribution in [-0.2, 0) is 0 Å². The second kappa shape index (κ2) is 5.20. The van der Waals surface area contributed by atoms with E-state index in [0.29, 0.717) is 23.7 Å². The lowest BCUT2D eigenvalue weighted by Crippen LogP contribution is -2.03. The third-order valence-electron chi connectivity index (χ3n) is 1.92. The number of para-hydroxylation sites is 1. The van der Waals surface area contributed by atoms with Crippen LogP contribution >= 0.6 is 0 Å². The Morgan fingerprint density at radius 2 is 2.27 bits per heavy atom. The molecule has 0 aromatic heterocycles. The van der Waals surface area contributed by atoms with Gasteiger partial charge in [0.1, 0.15) is 6.61 Å².